The van der Waals surface area contributed by atoms with Crippen LogP contribution in [0.2, 0.25) is 0 Å². The summed E-state index contributed by atoms with van der Waals surface area (Å²) in [5.74, 6) is 0. The molecule has 1 aliphatic heterocycles. The highest BCUT2D eigenvalue weighted by Gasteiger charge is 2.51. The maximum atomic E-state index is 13.6. The van der Waals surface area contributed by atoms with E-state index in [1.54, 1.807) is 43.5 Å². The molecule has 224 valence electrons. The summed E-state index contributed by atoms with van der Waals surface area (Å²) in [6.07, 6.45) is -4.89. The molecule has 0 amide bonds. The first-order valence-corrected chi connectivity index (χ1v) is 16.6. The molecule has 0 aliphatic carbocycles. The highest BCUT2D eigenvalue weighted by molar-refractivity contribution is 7.91. The molecule has 2 aromatic carbocycles. The Bertz CT molecular complexity index is 1530. The predicted molar refractivity (Wildman–Crippen MR) is 152 cm³/mol. The second kappa shape index (κ2) is 11.7. The fourth-order valence-corrected chi connectivity index (χ4v) is 9.05. The molecule has 2 heterocycles. The standard InChI is InChI=1S/C27H32F3N3O5S3/c1-20(2)33(40(35,36)24-8-5-4-6-9-24)19-23-18-31(41(37,38)25-10-7-17-39-25)15-16-32(23)22-13-11-21(12-14-22)26(3,34)27(28,29)30/h4-14,17,20,23,34H,15-16,18-19H2,1-3H3/t23-,26?/m1/s1. The van der Waals surface area contributed by atoms with Crippen LogP contribution in [-0.4, -0.2) is 75.0 Å². The van der Waals surface area contributed by atoms with E-state index in [-0.39, 0.29) is 40.8 Å². The molecule has 0 spiro atoms. The van der Waals surface area contributed by atoms with Gasteiger partial charge in [-0.3, -0.25) is 0 Å². The van der Waals surface area contributed by atoms with E-state index < -0.39 is 43.9 Å². The second-order valence-electron chi connectivity index (χ2n) is 10.2. The van der Waals surface area contributed by atoms with Crippen LogP contribution in [0.25, 0.3) is 0 Å². The minimum atomic E-state index is -4.89. The van der Waals surface area contributed by atoms with Crippen molar-refractivity contribution < 1.29 is 35.1 Å². The fourth-order valence-electron chi connectivity index (χ4n) is 4.74. The van der Waals surface area contributed by atoms with Gasteiger partial charge in [-0.25, -0.2) is 16.8 Å². The molecule has 1 unspecified atom stereocenters. The van der Waals surface area contributed by atoms with Crippen LogP contribution in [-0.2, 0) is 25.6 Å². The van der Waals surface area contributed by atoms with Crippen molar-refractivity contribution in [2.45, 2.75) is 53.7 Å². The molecule has 1 N–H and O–H groups in total. The molecule has 1 fully saturated rings. The second-order valence-corrected chi connectivity index (χ2v) is 15.2. The number of sulfonamides is 2. The number of halogens is 3. The van der Waals surface area contributed by atoms with Crippen molar-refractivity contribution >= 4 is 37.1 Å². The molecule has 2 atom stereocenters. The number of hydrogen-bond acceptors (Lipinski definition) is 7. The molecule has 1 saturated heterocycles. The van der Waals surface area contributed by atoms with Crippen molar-refractivity contribution in [3.63, 3.8) is 0 Å². The third-order valence-corrected chi connectivity index (χ3v) is 12.5. The van der Waals surface area contributed by atoms with Crippen molar-refractivity contribution in [1.29, 1.82) is 0 Å². The van der Waals surface area contributed by atoms with Gasteiger partial charge in [0.05, 0.1) is 10.9 Å². The minimum Gasteiger partial charge on any atom is -0.376 e. The van der Waals surface area contributed by atoms with Gasteiger partial charge in [-0.05, 0) is 62.0 Å². The first kappa shape index (κ1) is 31.4. The fraction of sp³-hybridized carbons (Fsp3) is 0.407. The summed E-state index contributed by atoms with van der Waals surface area (Å²) >= 11 is 1.08. The largest absolute Gasteiger partial charge is 0.421 e. The minimum absolute atomic E-state index is 0.0459. The first-order chi connectivity index (χ1) is 19.1. The summed E-state index contributed by atoms with van der Waals surface area (Å²) < 4.78 is 97.0. The number of benzene rings is 2. The smallest absolute Gasteiger partial charge is 0.376 e. The number of thiophene rings is 1. The quantitative estimate of drug-likeness (QED) is 0.374. The van der Waals surface area contributed by atoms with E-state index in [0.717, 1.165) is 11.3 Å². The average Bonchev–Trinajstić information content (AvgIpc) is 3.47. The lowest BCUT2D eigenvalue weighted by molar-refractivity contribution is -0.258. The molecule has 8 nitrogen and oxygen atoms in total. The van der Waals surface area contributed by atoms with E-state index in [0.29, 0.717) is 12.6 Å². The van der Waals surface area contributed by atoms with Gasteiger partial charge in [0.25, 0.3) is 10.0 Å². The zero-order valence-electron chi connectivity index (χ0n) is 22.7. The molecule has 14 heteroatoms. The van der Waals surface area contributed by atoms with Crippen molar-refractivity contribution in [1.82, 2.24) is 8.61 Å². The van der Waals surface area contributed by atoms with E-state index in [2.05, 4.69) is 0 Å². The van der Waals surface area contributed by atoms with E-state index in [1.165, 1.54) is 51.1 Å². The van der Waals surface area contributed by atoms with Crippen LogP contribution in [0.4, 0.5) is 18.9 Å². The Balaban J connectivity index is 1.71. The molecule has 3 aromatic rings. The van der Waals surface area contributed by atoms with Gasteiger partial charge < -0.3 is 10.0 Å². The van der Waals surface area contributed by atoms with E-state index in [9.17, 15) is 35.1 Å². The van der Waals surface area contributed by atoms with Crippen LogP contribution in [0.5, 0.6) is 0 Å². The highest BCUT2D eigenvalue weighted by atomic mass is 32.2. The molecule has 41 heavy (non-hydrogen) atoms. The maximum Gasteiger partial charge on any atom is 0.421 e. The molecule has 0 radical (unpaired) electrons. The van der Waals surface area contributed by atoms with Crippen LogP contribution in [0, 0.1) is 0 Å². The van der Waals surface area contributed by atoms with Crippen LogP contribution < -0.4 is 4.90 Å². The molecule has 0 saturated carbocycles. The Kier molecular flexibility index (Phi) is 8.94. The predicted octanol–water partition coefficient (Wildman–Crippen LogP) is 4.50. The van der Waals surface area contributed by atoms with Gasteiger partial charge in [-0.2, -0.15) is 21.8 Å². The Morgan fingerprint density at radius 1 is 0.976 bits per heavy atom. The summed E-state index contributed by atoms with van der Waals surface area (Å²) in [5, 5.41) is 11.7. The van der Waals surface area contributed by atoms with Crippen LogP contribution in [0.3, 0.4) is 0 Å². The van der Waals surface area contributed by atoms with Gasteiger partial charge >= 0.3 is 6.18 Å². The molecule has 1 aromatic heterocycles. The van der Waals surface area contributed by atoms with Gasteiger partial charge in [-0.1, -0.05) is 36.4 Å². The van der Waals surface area contributed by atoms with Crippen molar-refractivity contribution in [2.24, 2.45) is 0 Å². The molecule has 0 bridgehead atoms. The number of nitrogens with zero attached hydrogens (tertiary/aromatic N) is 3. The number of rotatable bonds is 9. The number of aliphatic hydroxyl groups is 1. The van der Waals surface area contributed by atoms with Gasteiger partial charge in [0.15, 0.2) is 5.60 Å². The van der Waals surface area contributed by atoms with Crippen molar-refractivity contribution in [2.75, 3.05) is 31.1 Å². The Morgan fingerprint density at radius 2 is 1.61 bits per heavy atom. The molecular weight excluding hydrogens is 600 g/mol. The highest BCUT2D eigenvalue weighted by Crippen LogP contribution is 2.39. The van der Waals surface area contributed by atoms with Crippen molar-refractivity contribution in [3.8, 4) is 0 Å². The maximum absolute atomic E-state index is 13.6. The van der Waals surface area contributed by atoms with E-state index >= 15 is 0 Å². The Morgan fingerprint density at radius 3 is 2.15 bits per heavy atom. The number of hydrogen-bond donors (Lipinski definition) is 1. The van der Waals surface area contributed by atoms with Gasteiger partial charge in [0, 0.05) is 37.9 Å². The monoisotopic (exact) mass is 631 g/mol. The van der Waals surface area contributed by atoms with Crippen LogP contribution >= 0.6 is 11.3 Å². The summed E-state index contributed by atoms with van der Waals surface area (Å²) in [6.45, 7) is 4.26. The SMILES string of the molecule is CC(C)N(C[C@H]1CN(S(=O)(=O)c2cccs2)CCN1c1ccc(C(C)(O)C(F)(F)F)cc1)S(=O)(=O)c1ccccc1. The number of anilines is 1. The summed E-state index contributed by atoms with van der Waals surface area (Å²) in [5.41, 5.74) is -2.93. The van der Waals surface area contributed by atoms with Gasteiger partial charge in [0.1, 0.15) is 4.21 Å². The van der Waals surface area contributed by atoms with Gasteiger partial charge in [0.2, 0.25) is 10.0 Å². The van der Waals surface area contributed by atoms with Crippen LogP contribution in [0.1, 0.15) is 26.3 Å². The Hall–Kier alpha value is -2.49. The van der Waals surface area contributed by atoms with E-state index in [1.807, 2.05) is 4.90 Å². The zero-order valence-corrected chi connectivity index (χ0v) is 25.1. The third-order valence-electron chi connectivity index (χ3n) is 7.16. The number of alkyl halides is 3. The summed E-state index contributed by atoms with van der Waals surface area (Å²) in [7, 11) is -7.81. The third kappa shape index (κ3) is 6.32. The summed E-state index contributed by atoms with van der Waals surface area (Å²) in [4.78, 5) is 1.90. The molecule has 4 rings (SSSR count). The Labute approximate surface area is 242 Å². The lowest BCUT2D eigenvalue weighted by atomic mass is 9.95. The summed E-state index contributed by atoms with van der Waals surface area (Å²) in [6, 6.07) is 15.1. The molecular formula is C27H32F3N3O5S3. The first-order valence-electron chi connectivity index (χ1n) is 12.8. The zero-order chi connectivity index (χ0) is 30.2. The van der Waals surface area contributed by atoms with Crippen LogP contribution in [0.15, 0.2) is 81.2 Å². The van der Waals surface area contributed by atoms with Gasteiger partial charge in [-0.15, -0.1) is 11.3 Å². The van der Waals surface area contributed by atoms with E-state index in [4.69, 9.17) is 0 Å². The average molecular weight is 632 g/mol. The lowest BCUT2D eigenvalue weighted by Gasteiger charge is -2.44. The molecule has 1 aliphatic rings. The normalized spacial score (nSPS) is 19.0. The topological polar surface area (TPSA) is 98.2 Å². The van der Waals surface area contributed by atoms with Crippen molar-refractivity contribution in [3.05, 3.63) is 77.7 Å². The number of piperazine rings is 1. The lowest BCUT2D eigenvalue weighted by Crippen LogP contribution is -2.59.